The maximum atomic E-state index is 13.3. The Balaban J connectivity index is 1.52. The molecular weight excluding hydrogens is 400 g/mol. The number of pyridine rings is 1. The number of hydrogen-bond donors (Lipinski definition) is 1. The summed E-state index contributed by atoms with van der Waals surface area (Å²) in [4.78, 5) is 22.6. The van der Waals surface area contributed by atoms with E-state index in [9.17, 15) is 4.79 Å². The topological polar surface area (TPSA) is 57.7 Å². The van der Waals surface area contributed by atoms with Crippen molar-refractivity contribution in [3.63, 3.8) is 0 Å². The molecule has 2 aromatic rings. The monoisotopic (exact) mass is 436 g/mol. The summed E-state index contributed by atoms with van der Waals surface area (Å²) in [6.07, 6.45) is 5.60. The third-order valence-corrected chi connectivity index (χ3v) is 6.86. The molecule has 1 aromatic carbocycles. The van der Waals surface area contributed by atoms with Gasteiger partial charge < -0.3 is 15.0 Å². The second kappa shape index (κ2) is 11.5. The summed E-state index contributed by atoms with van der Waals surface area (Å²) in [7, 11) is 1.74. The minimum absolute atomic E-state index is 0.0871. The zero-order valence-electron chi connectivity index (χ0n) is 19.2. The lowest BCUT2D eigenvalue weighted by Gasteiger charge is -2.45. The molecule has 2 saturated heterocycles. The van der Waals surface area contributed by atoms with Crippen LogP contribution in [-0.2, 0) is 9.53 Å². The number of amides is 1. The number of piperidine rings is 1. The SMILES string of the molecule is COCC[C@H]1CN(C(c2ccccc2)c2ccccn2)CCN1C(=O)CC1CCNCC1. The van der Waals surface area contributed by atoms with Gasteiger partial charge in [0.1, 0.15) is 0 Å². The molecule has 2 aliphatic heterocycles. The van der Waals surface area contributed by atoms with Crippen LogP contribution in [0.2, 0.25) is 0 Å². The summed E-state index contributed by atoms with van der Waals surface area (Å²) in [6, 6.07) is 17.0. The molecule has 0 radical (unpaired) electrons. The second-order valence-corrected chi connectivity index (χ2v) is 8.98. The quantitative estimate of drug-likeness (QED) is 0.689. The Morgan fingerprint density at radius 1 is 1.12 bits per heavy atom. The average molecular weight is 437 g/mol. The van der Waals surface area contributed by atoms with Gasteiger partial charge in [-0.25, -0.2) is 0 Å². The Morgan fingerprint density at radius 3 is 2.62 bits per heavy atom. The summed E-state index contributed by atoms with van der Waals surface area (Å²) in [6.45, 7) is 5.15. The molecule has 6 nitrogen and oxygen atoms in total. The molecule has 4 rings (SSSR count). The number of nitrogens with zero attached hydrogens (tertiary/aromatic N) is 3. The van der Waals surface area contributed by atoms with E-state index in [2.05, 4.69) is 57.6 Å². The first-order valence-corrected chi connectivity index (χ1v) is 12.0. The van der Waals surface area contributed by atoms with Crippen molar-refractivity contribution in [2.24, 2.45) is 5.92 Å². The first-order valence-electron chi connectivity index (χ1n) is 12.0. The summed E-state index contributed by atoms with van der Waals surface area (Å²) in [5.41, 5.74) is 2.30. The van der Waals surface area contributed by atoms with Crippen LogP contribution in [0.5, 0.6) is 0 Å². The lowest BCUT2D eigenvalue weighted by atomic mass is 9.93. The van der Waals surface area contributed by atoms with E-state index in [4.69, 9.17) is 9.72 Å². The molecule has 172 valence electrons. The van der Waals surface area contributed by atoms with Gasteiger partial charge in [-0.15, -0.1) is 0 Å². The fourth-order valence-corrected chi connectivity index (χ4v) is 5.13. The highest BCUT2D eigenvalue weighted by Gasteiger charge is 2.35. The molecule has 3 heterocycles. The minimum atomic E-state index is 0.0871. The first-order chi connectivity index (χ1) is 15.8. The van der Waals surface area contributed by atoms with Crippen LogP contribution in [0, 0.1) is 5.92 Å². The molecule has 1 N–H and O–H groups in total. The standard InChI is InChI=1S/C26H36N4O2/c1-32-18-12-23-20-29(16-17-30(23)25(31)19-21-10-14-27-15-11-21)26(22-7-3-2-4-8-22)24-9-5-6-13-28-24/h2-9,13,21,23,26-27H,10-12,14-20H2,1H3/t23-,26?/m0/s1. The van der Waals surface area contributed by atoms with Gasteiger partial charge >= 0.3 is 0 Å². The number of methoxy groups -OCH3 is 1. The first kappa shape index (κ1) is 22.9. The summed E-state index contributed by atoms with van der Waals surface area (Å²) < 4.78 is 5.41. The fourth-order valence-electron chi connectivity index (χ4n) is 5.13. The van der Waals surface area contributed by atoms with Gasteiger partial charge in [0.2, 0.25) is 5.91 Å². The van der Waals surface area contributed by atoms with Crippen molar-refractivity contribution in [2.45, 2.75) is 37.8 Å². The maximum absolute atomic E-state index is 13.3. The Morgan fingerprint density at radius 2 is 1.91 bits per heavy atom. The van der Waals surface area contributed by atoms with Crippen molar-refractivity contribution in [3.05, 3.63) is 66.0 Å². The predicted octanol–water partition coefficient (Wildman–Crippen LogP) is 3.11. The number of piperazine rings is 1. The Kier molecular flexibility index (Phi) is 8.26. The number of hydrogen-bond acceptors (Lipinski definition) is 5. The zero-order chi connectivity index (χ0) is 22.2. The summed E-state index contributed by atoms with van der Waals surface area (Å²) in [5.74, 6) is 0.821. The van der Waals surface area contributed by atoms with Crippen LogP contribution in [0.15, 0.2) is 54.7 Å². The molecule has 0 saturated carbocycles. The van der Waals surface area contributed by atoms with Crippen molar-refractivity contribution in [1.29, 1.82) is 0 Å². The van der Waals surface area contributed by atoms with E-state index in [1.54, 1.807) is 7.11 Å². The number of ether oxygens (including phenoxy) is 1. The van der Waals surface area contributed by atoms with Crippen molar-refractivity contribution >= 4 is 5.91 Å². The number of carbonyl (C=O) groups is 1. The van der Waals surface area contributed by atoms with Crippen LogP contribution >= 0.6 is 0 Å². The maximum Gasteiger partial charge on any atom is 0.223 e. The summed E-state index contributed by atoms with van der Waals surface area (Å²) >= 11 is 0. The molecule has 32 heavy (non-hydrogen) atoms. The van der Waals surface area contributed by atoms with Gasteiger partial charge in [-0.05, 0) is 56.0 Å². The van der Waals surface area contributed by atoms with E-state index < -0.39 is 0 Å². The molecule has 0 bridgehead atoms. The van der Waals surface area contributed by atoms with Gasteiger partial charge in [0, 0.05) is 52.0 Å². The molecule has 1 amide bonds. The van der Waals surface area contributed by atoms with E-state index in [1.165, 1.54) is 5.56 Å². The van der Waals surface area contributed by atoms with Crippen LogP contribution in [-0.4, -0.2) is 73.2 Å². The van der Waals surface area contributed by atoms with Crippen molar-refractivity contribution in [1.82, 2.24) is 20.1 Å². The molecule has 1 unspecified atom stereocenters. The zero-order valence-corrected chi connectivity index (χ0v) is 19.2. The lowest BCUT2D eigenvalue weighted by molar-refractivity contribution is -0.138. The number of carbonyl (C=O) groups excluding carboxylic acids is 1. The highest BCUT2D eigenvalue weighted by molar-refractivity contribution is 5.77. The number of rotatable bonds is 8. The molecule has 1 aromatic heterocycles. The van der Waals surface area contributed by atoms with Crippen LogP contribution in [0.4, 0.5) is 0 Å². The van der Waals surface area contributed by atoms with Gasteiger partial charge in [-0.3, -0.25) is 14.7 Å². The van der Waals surface area contributed by atoms with Crippen molar-refractivity contribution in [2.75, 3.05) is 46.4 Å². The Labute approximate surface area is 192 Å². The normalized spacial score (nSPS) is 21.4. The average Bonchev–Trinajstić information content (AvgIpc) is 2.85. The molecule has 0 spiro atoms. The number of nitrogens with one attached hydrogen (secondary N) is 1. The second-order valence-electron chi connectivity index (χ2n) is 8.98. The van der Waals surface area contributed by atoms with E-state index >= 15 is 0 Å². The lowest BCUT2D eigenvalue weighted by Crippen LogP contribution is -2.56. The molecule has 2 fully saturated rings. The Hall–Kier alpha value is -2.28. The van der Waals surface area contributed by atoms with Crippen molar-refractivity contribution < 1.29 is 9.53 Å². The fraction of sp³-hybridized carbons (Fsp3) is 0.538. The largest absolute Gasteiger partial charge is 0.385 e. The summed E-state index contributed by atoms with van der Waals surface area (Å²) in [5, 5.41) is 3.40. The highest BCUT2D eigenvalue weighted by atomic mass is 16.5. The smallest absolute Gasteiger partial charge is 0.223 e. The molecule has 0 aliphatic carbocycles. The van der Waals surface area contributed by atoms with E-state index in [0.717, 1.165) is 57.7 Å². The van der Waals surface area contributed by atoms with Crippen LogP contribution in [0.3, 0.4) is 0 Å². The number of benzene rings is 1. The van der Waals surface area contributed by atoms with Crippen LogP contribution in [0.25, 0.3) is 0 Å². The van der Waals surface area contributed by atoms with Gasteiger partial charge in [0.25, 0.3) is 0 Å². The minimum Gasteiger partial charge on any atom is -0.385 e. The van der Waals surface area contributed by atoms with Crippen LogP contribution in [0.1, 0.15) is 43.0 Å². The highest BCUT2D eigenvalue weighted by Crippen LogP contribution is 2.30. The molecule has 2 aliphatic rings. The van der Waals surface area contributed by atoms with E-state index in [1.807, 2.05) is 12.3 Å². The molecular formula is C26H36N4O2. The van der Waals surface area contributed by atoms with Crippen molar-refractivity contribution in [3.8, 4) is 0 Å². The van der Waals surface area contributed by atoms with Gasteiger partial charge in [-0.2, -0.15) is 0 Å². The van der Waals surface area contributed by atoms with E-state index in [0.29, 0.717) is 24.9 Å². The third kappa shape index (κ3) is 5.74. The van der Waals surface area contributed by atoms with Gasteiger partial charge in [0.15, 0.2) is 0 Å². The molecule has 2 atom stereocenters. The predicted molar refractivity (Wildman–Crippen MR) is 126 cm³/mol. The van der Waals surface area contributed by atoms with Gasteiger partial charge in [0.05, 0.1) is 11.7 Å². The third-order valence-electron chi connectivity index (χ3n) is 6.86. The number of aromatic nitrogens is 1. The van der Waals surface area contributed by atoms with E-state index in [-0.39, 0.29) is 12.1 Å². The van der Waals surface area contributed by atoms with Crippen LogP contribution < -0.4 is 5.32 Å². The Bertz CT molecular complexity index is 787. The molecule has 6 heteroatoms. The van der Waals surface area contributed by atoms with Gasteiger partial charge in [-0.1, -0.05) is 36.4 Å².